The van der Waals surface area contributed by atoms with Gasteiger partial charge in [-0.3, -0.25) is 0 Å². The molecule has 0 spiro atoms. The van der Waals surface area contributed by atoms with Gasteiger partial charge in [0.1, 0.15) is 23.5 Å². The van der Waals surface area contributed by atoms with Gasteiger partial charge in [0.2, 0.25) is 0 Å². The van der Waals surface area contributed by atoms with E-state index in [4.69, 9.17) is 9.47 Å². The Morgan fingerprint density at radius 1 is 1.00 bits per heavy atom. The Hall–Kier alpha value is -3.62. The summed E-state index contributed by atoms with van der Waals surface area (Å²) in [5.74, 6) is -0.927. The quantitative estimate of drug-likeness (QED) is 0.311. The number of hydrogen-bond acceptors (Lipinski definition) is 3. The summed E-state index contributed by atoms with van der Waals surface area (Å²) in [6, 6.07) is 11.9. The van der Waals surface area contributed by atoms with Gasteiger partial charge >= 0.3 is 12.3 Å². The van der Waals surface area contributed by atoms with E-state index in [0.717, 1.165) is 35.9 Å². The average molecular weight is 520 g/mol. The molecule has 3 aromatic rings. The van der Waals surface area contributed by atoms with Gasteiger partial charge in [-0.2, -0.15) is 13.2 Å². The van der Waals surface area contributed by atoms with Crippen molar-refractivity contribution in [2.24, 2.45) is 0 Å². The molecule has 4 nitrogen and oxygen atoms in total. The maximum Gasteiger partial charge on any atom is 0.416 e. The molecule has 0 bridgehead atoms. The summed E-state index contributed by atoms with van der Waals surface area (Å²) in [7, 11) is 1.48. The van der Waals surface area contributed by atoms with Gasteiger partial charge in [-0.25, -0.2) is 13.6 Å². The molecule has 0 radical (unpaired) electrons. The van der Waals surface area contributed by atoms with E-state index in [2.05, 4.69) is 0 Å². The van der Waals surface area contributed by atoms with Crippen LogP contribution < -0.4 is 4.74 Å². The highest BCUT2D eigenvalue weighted by Gasteiger charge is 2.33. The van der Waals surface area contributed by atoms with Crippen molar-refractivity contribution in [2.45, 2.75) is 45.0 Å². The van der Waals surface area contributed by atoms with E-state index in [1.165, 1.54) is 18.1 Å². The van der Waals surface area contributed by atoms with Crippen molar-refractivity contribution in [1.29, 1.82) is 0 Å². The molecule has 1 saturated heterocycles. The topological polar surface area (TPSA) is 38.8 Å². The lowest BCUT2D eigenvalue weighted by Gasteiger charge is -2.32. The van der Waals surface area contributed by atoms with Crippen molar-refractivity contribution >= 4 is 6.09 Å². The van der Waals surface area contributed by atoms with E-state index >= 15 is 0 Å². The Kier molecular flexibility index (Phi) is 7.43. The summed E-state index contributed by atoms with van der Waals surface area (Å²) in [4.78, 5) is 14.1. The van der Waals surface area contributed by atoms with Crippen molar-refractivity contribution < 1.29 is 36.2 Å². The molecule has 9 heteroatoms. The molecule has 0 aromatic heterocycles. The molecule has 1 heterocycles. The first kappa shape index (κ1) is 26.4. The molecular formula is C28H26F5NO3. The van der Waals surface area contributed by atoms with Gasteiger partial charge in [0.15, 0.2) is 0 Å². The Morgan fingerprint density at radius 3 is 2.30 bits per heavy atom. The van der Waals surface area contributed by atoms with Crippen molar-refractivity contribution in [3.05, 3.63) is 88.5 Å². The number of halogens is 5. The van der Waals surface area contributed by atoms with E-state index in [1.807, 2.05) is 26.0 Å². The zero-order valence-corrected chi connectivity index (χ0v) is 20.5. The smallest absolute Gasteiger partial charge is 0.416 e. The molecule has 0 aliphatic carbocycles. The Balaban J connectivity index is 1.68. The fourth-order valence-corrected chi connectivity index (χ4v) is 4.42. The molecule has 0 N–H and O–H groups in total. The standard InChI is InChI=1S/C28H26F5NO3/c1-16(2)17-4-7-26(36-3)24(13-17)23-6-5-20(28(31,32)33)10-19(23)15-34-9-8-25(37-27(34)35)18-11-21(29)14-22(30)12-18/h4-7,10-14,16,25H,8-9,15H2,1-3H3/t25-/m0/s1. The molecule has 4 rings (SSSR count). The normalized spacial score (nSPS) is 16.2. The van der Waals surface area contributed by atoms with Crippen LogP contribution in [0.25, 0.3) is 11.1 Å². The number of nitrogens with zero attached hydrogens (tertiary/aromatic N) is 1. The summed E-state index contributed by atoms with van der Waals surface area (Å²) < 4.78 is 78.9. The summed E-state index contributed by atoms with van der Waals surface area (Å²) in [5.41, 5.74) is 1.68. The first-order valence-electron chi connectivity index (χ1n) is 11.8. The minimum atomic E-state index is -4.58. The summed E-state index contributed by atoms with van der Waals surface area (Å²) >= 11 is 0. The number of carbonyl (C=O) groups is 1. The zero-order valence-electron chi connectivity index (χ0n) is 20.5. The first-order chi connectivity index (χ1) is 17.5. The first-order valence-corrected chi connectivity index (χ1v) is 11.8. The molecule has 37 heavy (non-hydrogen) atoms. The Labute approximate surface area is 211 Å². The van der Waals surface area contributed by atoms with Gasteiger partial charge in [0.05, 0.1) is 12.7 Å². The molecule has 1 amide bonds. The number of hydrogen-bond donors (Lipinski definition) is 0. The zero-order chi connectivity index (χ0) is 26.9. The van der Waals surface area contributed by atoms with Crippen molar-refractivity contribution in [3.8, 4) is 16.9 Å². The van der Waals surface area contributed by atoms with Crippen LogP contribution in [0.1, 0.15) is 54.5 Å². The highest BCUT2D eigenvalue weighted by Crippen LogP contribution is 2.39. The van der Waals surface area contributed by atoms with Crippen molar-refractivity contribution in [1.82, 2.24) is 4.90 Å². The summed E-state index contributed by atoms with van der Waals surface area (Å²) in [6.07, 6.45) is -6.01. The monoisotopic (exact) mass is 519 g/mol. The van der Waals surface area contributed by atoms with Crippen LogP contribution in [0, 0.1) is 11.6 Å². The SMILES string of the molecule is COc1ccc(C(C)C)cc1-c1ccc(C(F)(F)F)cc1CN1CC[C@@H](c2cc(F)cc(F)c2)OC1=O. The summed E-state index contributed by atoms with van der Waals surface area (Å²) in [5, 5.41) is 0. The minimum Gasteiger partial charge on any atom is -0.496 e. The van der Waals surface area contributed by atoms with Gasteiger partial charge in [-0.1, -0.05) is 26.0 Å². The second kappa shape index (κ2) is 10.4. The molecule has 196 valence electrons. The third kappa shape index (κ3) is 5.87. The number of rotatable bonds is 6. The van der Waals surface area contributed by atoms with E-state index in [0.29, 0.717) is 16.9 Å². The number of ether oxygens (including phenoxy) is 2. The lowest BCUT2D eigenvalue weighted by Crippen LogP contribution is -2.38. The molecule has 1 fully saturated rings. The predicted octanol–water partition coefficient (Wildman–Crippen LogP) is 7.87. The number of amides is 1. The number of methoxy groups -OCH3 is 1. The highest BCUT2D eigenvalue weighted by molar-refractivity contribution is 5.76. The Bertz CT molecular complexity index is 1290. The van der Waals surface area contributed by atoms with Crippen LogP contribution >= 0.6 is 0 Å². The highest BCUT2D eigenvalue weighted by atomic mass is 19.4. The molecule has 0 saturated carbocycles. The van der Waals surface area contributed by atoms with Crippen molar-refractivity contribution in [3.63, 3.8) is 0 Å². The van der Waals surface area contributed by atoms with Crippen LogP contribution in [-0.4, -0.2) is 24.6 Å². The third-order valence-electron chi connectivity index (χ3n) is 6.39. The van der Waals surface area contributed by atoms with Gasteiger partial charge < -0.3 is 14.4 Å². The maximum atomic E-state index is 13.6. The largest absolute Gasteiger partial charge is 0.496 e. The van der Waals surface area contributed by atoms with Gasteiger partial charge in [0, 0.05) is 31.1 Å². The van der Waals surface area contributed by atoms with Gasteiger partial charge in [-0.15, -0.1) is 0 Å². The van der Waals surface area contributed by atoms with E-state index < -0.39 is 35.6 Å². The minimum absolute atomic E-state index is 0.125. The van der Waals surface area contributed by atoms with Crippen LogP contribution in [0.15, 0.2) is 54.6 Å². The van der Waals surface area contributed by atoms with Crippen LogP contribution in [0.2, 0.25) is 0 Å². The second-order valence-electron chi connectivity index (χ2n) is 9.27. The fraction of sp³-hybridized carbons (Fsp3) is 0.321. The van der Waals surface area contributed by atoms with Crippen LogP contribution in [-0.2, 0) is 17.5 Å². The number of alkyl halides is 3. The van der Waals surface area contributed by atoms with Gasteiger partial charge in [0.25, 0.3) is 0 Å². The molecule has 1 aliphatic heterocycles. The molecule has 1 aliphatic rings. The van der Waals surface area contributed by atoms with E-state index in [1.54, 1.807) is 6.07 Å². The predicted molar refractivity (Wildman–Crippen MR) is 128 cm³/mol. The van der Waals surface area contributed by atoms with E-state index in [-0.39, 0.29) is 36.6 Å². The molecule has 3 aromatic carbocycles. The van der Waals surface area contributed by atoms with Crippen LogP contribution in [0.4, 0.5) is 26.7 Å². The number of cyclic esters (lactones) is 1. The maximum absolute atomic E-state index is 13.6. The number of benzene rings is 3. The fourth-order valence-electron chi connectivity index (χ4n) is 4.42. The molecular weight excluding hydrogens is 493 g/mol. The summed E-state index contributed by atoms with van der Waals surface area (Å²) in [6.45, 7) is 3.98. The Morgan fingerprint density at radius 2 is 1.70 bits per heavy atom. The van der Waals surface area contributed by atoms with Gasteiger partial charge in [-0.05, 0) is 64.6 Å². The van der Waals surface area contributed by atoms with E-state index in [9.17, 15) is 26.7 Å². The van der Waals surface area contributed by atoms with Crippen LogP contribution in [0.5, 0.6) is 5.75 Å². The lowest BCUT2D eigenvalue weighted by molar-refractivity contribution is -0.137. The van der Waals surface area contributed by atoms with Crippen molar-refractivity contribution in [2.75, 3.05) is 13.7 Å². The average Bonchev–Trinajstić information content (AvgIpc) is 2.83. The third-order valence-corrected chi connectivity index (χ3v) is 6.39. The molecule has 0 unspecified atom stereocenters. The second-order valence-corrected chi connectivity index (χ2v) is 9.27. The van der Waals surface area contributed by atoms with Crippen LogP contribution in [0.3, 0.4) is 0 Å². The molecule has 1 atom stereocenters. The lowest BCUT2D eigenvalue weighted by atomic mass is 9.92. The number of carbonyl (C=O) groups excluding carboxylic acids is 1.